The van der Waals surface area contributed by atoms with E-state index in [9.17, 15) is 9.18 Å². The van der Waals surface area contributed by atoms with E-state index in [4.69, 9.17) is 17.3 Å². The van der Waals surface area contributed by atoms with Gasteiger partial charge in [0.05, 0.1) is 5.69 Å². The second kappa shape index (κ2) is 4.04. The topological polar surface area (TPSA) is 68.0 Å². The van der Waals surface area contributed by atoms with Crippen molar-refractivity contribution in [3.63, 3.8) is 0 Å². The predicted molar refractivity (Wildman–Crippen MR) is 48.3 cm³/mol. The van der Waals surface area contributed by atoms with Crippen LogP contribution in [-0.2, 0) is 4.79 Å². The van der Waals surface area contributed by atoms with Crippen molar-refractivity contribution in [2.75, 3.05) is 17.6 Å². The Kier molecular flexibility index (Phi) is 3.02. The minimum atomic E-state index is -1.46. The van der Waals surface area contributed by atoms with Crippen LogP contribution in [0.3, 0.4) is 0 Å². The summed E-state index contributed by atoms with van der Waals surface area (Å²) in [6.07, 6.45) is 0. The van der Waals surface area contributed by atoms with Gasteiger partial charge in [-0.05, 0) is 12.1 Å². The molecule has 0 aliphatic rings. The van der Waals surface area contributed by atoms with Gasteiger partial charge in [-0.3, -0.25) is 4.79 Å². The molecule has 0 bridgehead atoms. The maximum atomic E-state index is 11.8. The van der Waals surface area contributed by atoms with E-state index >= 15 is 0 Å². The van der Waals surface area contributed by atoms with Crippen LogP contribution < -0.4 is 11.1 Å². The first-order valence-electron chi connectivity index (χ1n) is 3.44. The first kappa shape index (κ1) is 9.73. The highest BCUT2D eigenvalue weighted by molar-refractivity contribution is 6.29. The van der Waals surface area contributed by atoms with Crippen LogP contribution in [0.2, 0.25) is 5.15 Å². The van der Waals surface area contributed by atoms with Gasteiger partial charge in [0.15, 0.2) is 0 Å². The van der Waals surface area contributed by atoms with Gasteiger partial charge in [0.25, 0.3) is 0 Å². The molecular formula is C7H7ClFN3O. The number of anilines is 2. The van der Waals surface area contributed by atoms with Crippen molar-refractivity contribution in [1.29, 1.82) is 0 Å². The number of halogens is 2. The number of hydrogen-bond acceptors (Lipinski definition) is 4. The lowest BCUT2D eigenvalue weighted by Gasteiger charge is -2.05. The lowest BCUT2D eigenvalue weighted by molar-refractivity contribution is -0.127. The zero-order valence-electron chi connectivity index (χ0n) is 6.55. The highest BCUT2D eigenvalue weighted by Gasteiger charge is 2.02. The summed E-state index contributed by atoms with van der Waals surface area (Å²) < 4.78 is 11.8. The van der Waals surface area contributed by atoms with Crippen molar-refractivity contribution in [1.82, 2.24) is 4.98 Å². The predicted octanol–water partition coefficient (Wildman–Crippen LogP) is 1.23. The molecule has 1 aromatic heterocycles. The molecule has 4 nitrogen and oxygen atoms in total. The average Bonchev–Trinajstić information content (AvgIpc) is 2.02. The number of rotatable bonds is 3. The second-order valence-electron chi connectivity index (χ2n) is 2.28. The number of carbonyl (C=O) groups is 1. The molecule has 70 valence electrons. The molecule has 0 aromatic carbocycles. The van der Waals surface area contributed by atoms with Gasteiger partial charge in [-0.2, -0.15) is 4.39 Å². The normalized spacial score (nSPS) is 9.69. The molecule has 1 aromatic rings. The maximum absolute atomic E-state index is 11.8. The van der Waals surface area contributed by atoms with E-state index in [-0.39, 0.29) is 11.0 Å². The minimum absolute atomic E-state index is 0.133. The van der Waals surface area contributed by atoms with Crippen LogP contribution >= 0.6 is 11.6 Å². The van der Waals surface area contributed by atoms with Crippen LogP contribution in [0.15, 0.2) is 12.1 Å². The van der Waals surface area contributed by atoms with Crippen molar-refractivity contribution in [3.05, 3.63) is 17.3 Å². The fourth-order valence-corrected chi connectivity index (χ4v) is 0.918. The van der Waals surface area contributed by atoms with E-state index in [2.05, 4.69) is 10.3 Å². The fraction of sp³-hybridized carbons (Fsp3) is 0.143. The van der Waals surface area contributed by atoms with Gasteiger partial charge < -0.3 is 11.1 Å². The number of nitrogen functional groups attached to an aromatic ring is 1. The van der Waals surface area contributed by atoms with Crippen molar-refractivity contribution in [2.45, 2.75) is 0 Å². The molecular weight excluding hydrogens is 197 g/mol. The SMILES string of the molecule is Nc1nc(Cl)ccc1NCC(=O)F. The Labute approximate surface area is 78.9 Å². The average molecular weight is 204 g/mol. The molecule has 1 heterocycles. The van der Waals surface area contributed by atoms with Crippen molar-refractivity contribution < 1.29 is 9.18 Å². The largest absolute Gasteiger partial charge is 0.382 e. The summed E-state index contributed by atoms with van der Waals surface area (Å²) >= 11 is 5.52. The Hall–Kier alpha value is -1.36. The summed E-state index contributed by atoms with van der Waals surface area (Å²) in [4.78, 5) is 13.7. The van der Waals surface area contributed by atoms with Crippen molar-refractivity contribution in [3.8, 4) is 0 Å². The number of nitrogens with one attached hydrogen (secondary N) is 1. The van der Waals surface area contributed by atoms with Gasteiger partial charge >= 0.3 is 6.04 Å². The van der Waals surface area contributed by atoms with Crippen molar-refractivity contribution >= 4 is 29.1 Å². The molecule has 0 unspecified atom stereocenters. The van der Waals surface area contributed by atoms with Gasteiger partial charge in [0, 0.05) is 0 Å². The van der Waals surface area contributed by atoms with Gasteiger partial charge in [0.1, 0.15) is 17.5 Å². The number of aromatic nitrogens is 1. The van der Waals surface area contributed by atoms with Crippen LogP contribution in [0.1, 0.15) is 0 Å². The van der Waals surface area contributed by atoms with Gasteiger partial charge in [0.2, 0.25) is 0 Å². The van der Waals surface area contributed by atoms with E-state index < -0.39 is 12.6 Å². The van der Waals surface area contributed by atoms with Crippen LogP contribution in [0.4, 0.5) is 15.9 Å². The Morgan fingerprint density at radius 1 is 1.69 bits per heavy atom. The summed E-state index contributed by atoms with van der Waals surface area (Å²) in [6.45, 7) is -0.423. The summed E-state index contributed by atoms with van der Waals surface area (Å²) in [5.41, 5.74) is 5.80. The molecule has 0 saturated heterocycles. The van der Waals surface area contributed by atoms with E-state index in [0.717, 1.165) is 0 Å². The first-order valence-corrected chi connectivity index (χ1v) is 3.81. The zero-order chi connectivity index (χ0) is 9.84. The van der Waals surface area contributed by atoms with Crippen LogP contribution in [0.25, 0.3) is 0 Å². The smallest absolute Gasteiger partial charge is 0.320 e. The lowest BCUT2D eigenvalue weighted by Crippen LogP contribution is -2.10. The van der Waals surface area contributed by atoms with Gasteiger partial charge in [-0.15, -0.1) is 0 Å². The molecule has 0 saturated carbocycles. The number of nitrogens with zero attached hydrogens (tertiary/aromatic N) is 1. The minimum Gasteiger partial charge on any atom is -0.382 e. The molecule has 1 rings (SSSR count). The standard InChI is InChI=1S/C7H7ClFN3O/c8-5-2-1-4(7(10)12-5)11-3-6(9)13/h1-2,11H,3H2,(H2,10,12). The van der Waals surface area contributed by atoms with Crippen LogP contribution in [0, 0.1) is 0 Å². The Morgan fingerprint density at radius 3 is 2.92 bits per heavy atom. The van der Waals surface area contributed by atoms with Crippen LogP contribution in [0.5, 0.6) is 0 Å². The number of carbonyl (C=O) groups excluding carboxylic acids is 1. The summed E-state index contributed by atoms with van der Waals surface area (Å²) in [6, 6.07) is 1.55. The van der Waals surface area contributed by atoms with E-state index in [1.54, 1.807) is 0 Å². The quantitative estimate of drug-likeness (QED) is 0.573. The molecule has 0 fully saturated rings. The highest BCUT2D eigenvalue weighted by Crippen LogP contribution is 2.17. The summed E-state index contributed by atoms with van der Waals surface area (Å²) in [5, 5.41) is 2.71. The first-order chi connectivity index (χ1) is 6.09. The molecule has 3 N–H and O–H groups in total. The van der Waals surface area contributed by atoms with E-state index in [1.165, 1.54) is 12.1 Å². The molecule has 0 amide bonds. The van der Waals surface area contributed by atoms with Gasteiger partial charge in [-0.25, -0.2) is 4.98 Å². The highest BCUT2D eigenvalue weighted by atomic mass is 35.5. The Morgan fingerprint density at radius 2 is 2.38 bits per heavy atom. The third-order valence-electron chi connectivity index (χ3n) is 1.31. The summed E-state index contributed by atoms with van der Waals surface area (Å²) in [7, 11) is 0. The molecule has 0 radical (unpaired) electrons. The number of hydrogen-bond donors (Lipinski definition) is 2. The third-order valence-corrected chi connectivity index (χ3v) is 1.52. The van der Waals surface area contributed by atoms with Crippen LogP contribution in [-0.4, -0.2) is 17.6 Å². The molecule has 0 aliphatic carbocycles. The third kappa shape index (κ3) is 2.87. The Bertz CT molecular complexity index is 332. The van der Waals surface area contributed by atoms with Gasteiger partial charge in [-0.1, -0.05) is 11.6 Å². The lowest BCUT2D eigenvalue weighted by atomic mass is 10.4. The molecule has 13 heavy (non-hydrogen) atoms. The number of nitrogens with two attached hydrogens (primary N) is 1. The molecule has 6 heteroatoms. The molecule has 0 aliphatic heterocycles. The fourth-order valence-electron chi connectivity index (χ4n) is 0.764. The van der Waals surface area contributed by atoms with E-state index in [0.29, 0.717) is 5.69 Å². The maximum Gasteiger partial charge on any atom is 0.320 e. The van der Waals surface area contributed by atoms with E-state index in [1.807, 2.05) is 0 Å². The zero-order valence-corrected chi connectivity index (χ0v) is 7.31. The monoisotopic (exact) mass is 203 g/mol. The Balaban J connectivity index is 2.72. The second-order valence-corrected chi connectivity index (χ2v) is 2.66. The van der Waals surface area contributed by atoms with Crippen molar-refractivity contribution in [2.24, 2.45) is 0 Å². The molecule has 0 atom stereocenters. The molecule has 0 spiro atoms. The summed E-state index contributed by atoms with van der Waals surface area (Å²) in [5.74, 6) is 0.133. The number of pyridine rings is 1.